The van der Waals surface area contributed by atoms with E-state index in [2.05, 4.69) is 10.4 Å². The van der Waals surface area contributed by atoms with Crippen LogP contribution in [0, 0.1) is 0 Å². The average molecular weight is 378 g/mol. The van der Waals surface area contributed by atoms with E-state index in [1.165, 1.54) is 16.4 Å². The molecule has 2 N–H and O–H groups in total. The highest BCUT2D eigenvalue weighted by Gasteiger charge is 2.29. The van der Waals surface area contributed by atoms with Crippen molar-refractivity contribution in [2.24, 2.45) is 0 Å². The number of carbonyl (C=O) groups is 1. The van der Waals surface area contributed by atoms with Gasteiger partial charge in [-0.1, -0.05) is 6.07 Å². The van der Waals surface area contributed by atoms with E-state index in [9.17, 15) is 18.3 Å². The van der Waals surface area contributed by atoms with Gasteiger partial charge in [-0.25, -0.2) is 8.42 Å². The van der Waals surface area contributed by atoms with Crippen molar-refractivity contribution < 1.29 is 18.3 Å². The van der Waals surface area contributed by atoms with Crippen LogP contribution in [0.2, 0.25) is 0 Å². The Morgan fingerprint density at radius 2 is 2.19 bits per heavy atom. The van der Waals surface area contributed by atoms with Gasteiger partial charge in [-0.2, -0.15) is 9.40 Å². The summed E-state index contributed by atoms with van der Waals surface area (Å²) < 4.78 is 28.5. The molecule has 0 saturated carbocycles. The third-order valence-electron chi connectivity index (χ3n) is 4.28. The van der Waals surface area contributed by atoms with Gasteiger partial charge in [0.1, 0.15) is 0 Å². The Bertz CT molecular complexity index is 851. The zero-order valence-corrected chi connectivity index (χ0v) is 15.1. The van der Waals surface area contributed by atoms with E-state index in [1.807, 2.05) is 0 Å². The Balaban J connectivity index is 1.67. The molecular weight excluding hydrogens is 356 g/mol. The molecule has 3 rings (SSSR count). The fourth-order valence-corrected chi connectivity index (χ4v) is 4.47. The summed E-state index contributed by atoms with van der Waals surface area (Å²) in [4.78, 5) is 12.4. The highest BCUT2D eigenvalue weighted by Crippen LogP contribution is 2.21. The van der Waals surface area contributed by atoms with Gasteiger partial charge in [-0.05, 0) is 37.1 Å². The number of carbonyl (C=O) groups excluding carboxylic acids is 1. The molecule has 26 heavy (non-hydrogen) atoms. The maximum atomic E-state index is 12.7. The number of amides is 1. The lowest BCUT2D eigenvalue weighted by atomic mass is 10.1. The Kier molecular flexibility index (Phi) is 5.70. The van der Waals surface area contributed by atoms with Crippen molar-refractivity contribution in [2.75, 3.05) is 19.6 Å². The maximum Gasteiger partial charge on any atom is 0.251 e. The molecule has 0 radical (unpaired) electrons. The molecule has 1 aromatic heterocycles. The number of benzene rings is 1. The fraction of sp³-hybridized carbons (Fsp3) is 0.412. The molecule has 0 bridgehead atoms. The van der Waals surface area contributed by atoms with Gasteiger partial charge >= 0.3 is 0 Å². The van der Waals surface area contributed by atoms with E-state index in [0.717, 1.165) is 0 Å². The molecule has 1 atom stereocenters. The summed E-state index contributed by atoms with van der Waals surface area (Å²) in [5.74, 6) is -0.340. The summed E-state index contributed by atoms with van der Waals surface area (Å²) in [7, 11) is -3.73. The van der Waals surface area contributed by atoms with Crippen LogP contribution in [0.1, 0.15) is 23.2 Å². The molecule has 1 aliphatic heterocycles. The van der Waals surface area contributed by atoms with Gasteiger partial charge < -0.3 is 10.4 Å². The van der Waals surface area contributed by atoms with Crippen LogP contribution in [0.15, 0.2) is 47.6 Å². The number of hydrogen-bond donors (Lipinski definition) is 2. The summed E-state index contributed by atoms with van der Waals surface area (Å²) in [5.41, 5.74) is 0.282. The van der Waals surface area contributed by atoms with E-state index in [0.29, 0.717) is 32.5 Å². The van der Waals surface area contributed by atoms with Crippen LogP contribution >= 0.6 is 0 Å². The summed E-state index contributed by atoms with van der Waals surface area (Å²) in [5, 5.41) is 16.5. The zero-order chi connectivity index (χ0) is 18.6. The van der Waals surface area contributed by atoms with Crippen molar-refractivity contribution >= 4 is 15.9 Å². The van der Waals surface area contributed by atoms with Gasteiger partial charge in [0.15, 0.2) is 0 Å². The van der Waals surface area contributed by atoms with Crippen molar-refractivity contribution in [3.63, 3.8) is 0 Å². The van der Waals surface area contributed by atoms with Crippen LogP contribution in [0.5, 0.6) is 0 Å². The summed E-state index contributed by atoms with van der Waals surface area (Å²) in [6.07, 6.45) is 4.03. The first kappa shape index (κ1) is 18.6. The van der Waals surface area contributed by atoms with E-state index in [4.69, 9.17) is 0 Å². The summed E-state index contributed by atoms with van der Waals surface area (Å²) >= 11 is 0. The molecule has 140 valence electrons. The third-order valence-corrected chi connectivity index (χ3v) is 6.14. The molecule has 2 heterocycles. The van der Waals surface area contributed by atoms with Crippen molar-refractivity contribution in [1.29, 1.82) is 0 Å². The fourth-order valence-electron chi connectivity index (χ4n) is 2.90. The second kappa shape index (κ2) is 7.98. The van der Waals surface area contributed by atoms with E-state index < -0.39 is 16.1 Å². The zero-order valence-electron chi connectivity index (χ0n) is 14.3. The number of piperidine rings is 1. The number of aliphatic hydroxyl groups excluding tert-OH is 1. The highest BCUT2D eigenvalue weighted by atomic mass is 32.2. The number of aromatic nitrogens is 2. The Morgan fingerprint density at radius 3 is 2.92 bits per heavy atom. The SMILES string of the molecule is O=C(NCCn1cccn1)c1cccc(S(=O)(=O)N2CCCC(O)C2)c1. The Morgan fingerprint density at radius 1 is 1.35 bits per heavy atom. The predicted molar refractivity (Wildman–Crippen MR) is 95.0 cm³/mol. The monoisotopic (exact) mass is 378 g/mol. The van der Waals surface area contributed by atoms with Crippen molar-refractivity contribution in [1.82, 2.24) is 19.4 Å². The summed E-state index contributed by atoms with van der Waals surface area (Å²) in [6, 6.07) is 7.77. The third kappa shape index (κ3) is 4.29. The molecule has 1 fully saturated rings. The molecular formula is C17H22N4O4S. The number of aliphatic hydroxyl groups is 1. The largest absolute Gasteiger partial charge is 0.392 e. The lowest BCUT2D eigenvalue weighted by molar-refractivity contribution is 0.0951. The van der Waals surface area contributed by atoms with Gasteiger partial charge in [0.05, 0.1) is 17.5 Å². The lowest BCUT2D eigenvalue weighted by Gasteiger charge is -2.29. The lowest BCUT2D eigenvalue weighted by Crippen LogP contribution is -2.42. The van der Waals surface area contributed by atoms with Crippen LogP contribution in [0.25, 0.3) is 0 Å². The predicted octanol–water partition coefficient (Wildman–Crippen LogP) is 0.458. The second-order valence-electron chi connectivity index (χ2n) is 6.21. The maximum absolute atomic E-state index is 12.7. The first-order valence-electron chi connectivity index (χ1n) is 8.51. The van der Waals surface area contributed by atoms with Gasteiger partial charge in [0.2, 0.25) is 10.0 Å². The van der Waals surface area contributed by atoms with Gasteiger partial charge in [-0.3, -0.25) is 9.48 Å². The minimum atomic E-state index is -3.73. The topological polar surface area (TPSA) is 105 Å². The smallest absolute Gasteiger partial charge is 0.251 e. The molecule has 1 unspecified atom stereocenters. The first-order valence-corrected chi connectivity index (χ1v) is 9.95. The minimum absolute atomic E-state index is 0.0614. The van der Waals surface area contributed by atoms with Crippen LogP contribution in [-0.4, -0.2) is 59.3 Å². The Labute approximate surface area is 152 Å². The number of nitrogens with zero attached hydrogens (tertiary/aromatic N) is 3. The molecule has 8 nitrogen and oxygen atoms in total. The number of hydrogen-bond acceptors (Lipinski definition) is 5. The van der Waals surface area contributed by atoms with Gasteiger partial charge in [-0.15, -0.1) is 0 Å². The molecule has 1 aromatic carbocycles. The second-order valence-corrected chi connectivity index (χ2v) is 8.15. The molecule has 0 spiro atoms. The molecule has 1 amide bonds. The van der Waals surface area contributed by atoms with Crippen molar-refractivity contribution in [2.45, 2.75) is 30.4 Å². The quantitative estimate of drug-likeness (QED) is 0.760. The summed E-state index contributed by atoms with van der Waals surface area (Å²) in [6.45, 7) is 1.38. The minimum Gasteiger partial charge on any atom is -0.392 e. The average Bonchev–Trinajstić information content (AvgIpc) is 3.15. The number of sulfonamides is 1. The van der Waals surface area contributed by atoms with E-state index in [-0.39, 0.29) is 22.9 Å². The Hall–Kier alpha value is -2.23. The van der Waals surface area contributed by atoms with Crippen molar-refractivity contribution in [3.05, 3.63) is 48.3 Å². The van der Waals surface area contributed by atoms with Crippen LogP contribution in [0.4, 0.5) is 0 Å². The highest BCUT2D eigenvalue weighted by molar-refractivity contribution is 7.89. The molecule has 2 aromatic rings. The van der Waals surface area contributed by atoms with Crippen molar-refractivity contribution in [3.8, 4) is 0 Å². The number of rotatable bonds is 6. The standard InChI is InChI=1S/C17H22N4O4S/c22-15-5-2-10-21(13-15)26(24,25)16-6-1-4-14(12-16)17(23)18-8-11-20-9-3-7-19-20/h1,3-4,6-7,9,12,15,22H,2,5,8,10-11,13H2,(H,18,23). The number of nitrogens with one attached hydrogen (secondary N) is 1. The van der Waals surface area contributed by atoms with Gasteiger partial charge in [0, 0.05) is 37.6 Å². The molecule has 1 aliphatic rings. The molecule has 9 heteroatoms. The van der Waals surface area contributed by atoms with Crippen LogP contribution in [0.3, 0.4) is 0 Å². The molecule has 0 aliphatic carbocycles. The van der Waals surface area contributed by atoms with Gasteiger partial charge in [0.25, 0.3) is 5.91 Å². The van der Waals surface area contributed by atoms with E-state index in [1.54, 1.807) is 35.3 Å². The van der Waals surface area contributed by atoms with Crippen LogP contribution in [-0.2, 0) is 16.6 Å². The van der Waals surface area contributed by atoms with Crippen LogP contribution < -0.4 is 5.32 Å². The number of β-amino-alcohol motifs (C(OH)–C–C–N with tert-alkyl or cyclic N) is 1. The molecule has 1 saturated heterocycles. The van der Waals surface area contributed by atoms with E-state index >= 15 is 0 Å². The first-order chi connectivity index (χ1) is 12.5. The normalized spacial score (nSPS) is 18.6.